The van der Waals surface area contributed by atoms with Crippen LogP contribution in [0.15, 0.2) is 27.4 Å². The number of carbonyl (C=O) groups excluding carboxylic acids is 2. The van der Waals surface area contributed by atoms with Gasteiger partial charge in [-0.25, -0.2) is 4.79 Å². The number of rotatable bonds is 1. The van der Waals surface area contributed by atoms with Gasteiger partial charge in [0, 0.05) is 42.1 Å². The lowest BCUT2D eigenvalue weighted by molar-refractivity contribution is -0.199. The Bertz CT molecular complexity index is 986. The number of carbonyl (C=O) groups is 2. The van der Waals surface area contributed by atoms with Gasteiger partial charge in [-0.05, 0) is 26.3 Å². The molecule has 2 aliphatic carbocycles. The number of hydrogen-bond donors (Lipinski definition) is 0. The Morgan fingerprint density at radius 3 is 2.55 bits per heavy atom. The maximum Gasteiger partial charge on any atom is 0.342 e. The lowest BCUT2D eigenvalue weighted by Gasteiger charge is -2.62. The molecule has 5 atom stereocenters. The first-order valence-corrected chi connectivity index (χ1v) is 10.1. The van der Waals surface area contributed by atoms with Gasteiger partial charge >= 0.3 is 11.6 Å². The molecule has 0 aromatic carbocycles. The number of allylic oxidation sites excluding steroid dienone is 2. The van der Waals surface area contributed by atoms with Crippen molar-refractivity contribution < 1.29 is 23.5 Å². The molecule has 6 heteroatoms. The molecule has 0 saturated heterocycles. The molecule has 0 bridgehead atoms. The molecule has 0 radical (unpaired) electrons. The maximum atomic E-state index is 12.8. The van der Waals surface area contributed by atoms with E-state index in [4.69, 9.17) is 13.9 Å². The van der Waals surface area contributed by atoms with E-state index in [2.05, 4.69) is 6.92 Å². The molecule has 0 unspecified atom stereocenters. The zero-order valence-electron chi connectivity index (χ0n) is 17.8. The van der Waals surface area contributed by atoms with E-state index in [1.54, 1.807) is 19.1 Å². The fourth-order valence-electron chi connectivity index (χ4n) is 6.23. The predicted octanol–water partition coefficient (Wildman–Crippen LogP) is 3.38. The number of fused-ring (bicyclic) bond motifs is 4. The molecular weight excluding hydrogens is 372 g/mol. The Morgan fingerprint density at radius 2 is 1.90 bits per heavy atom. The highest BCUT2D eigenvalue weighted by atomic mass is 16.5. The van der Waals surface area contributed by atoms with Crippen molar-refractivity contribution in [3.8, 4) is 5.75 Å². The van der Waals surface area contributed by atoms with Crippen LogP contribution in [0.4, 0.5) is 0 Å². The average molecular weight is 400 g/mol. The summed E-state index contributed by atoms with van der Waals surface area (Å²) in [6.45, 7) is 11.0. The molecule has 156 valence electrons. The molecule has 29 heavy (non-hydrogen) atoms. The average Bonchev–Trinajstić information content (AvgIpc) is 2.56. The number of esters is 1. The van der Waals surface area contributed by atoms with Crippen LogP contribution >= 0.6 is 0 Å². The molecule has 1 aliphatic heterocycles. The Kier molecular flexibility index (Phi) is 4.17. The molecule has 1 aromatic heterocycles. The Hall–Kier alpha value is -2.37. The van der Waals surface area contributed by atoms with E-state index < -0.39 is 22.5 Å². The third-order valence-corrected chi connectivity index (χ3v) is 7.34. The summed E-state index contributed by atoms with van der Waals surface area (Å²) in [5, 5.41) is 0. The van der Waals surface area contributed by atoms with E-state index in [0.717, 1.165) is 0 Å². The van der Waals surface area contributed by atoms with Gasteiger partial charge in [0.2, 0.25) is 0 Å². The third kappa shape index (κ3) is 2.79. The van der Waals surface area contributed by atoms with Gasteiger partial charge < -0.3 is 13.9 Å². The third-order valence-electron chi connectivity index (χ3n) is 7.34. The van der Waals surface area contributed by atoms with Crippen molar-refractivity contribution in [3.05, 3.63) is 40.0 Å². The summed E-state index contributed by atoms with van der Waals surface area (Å²) in [6.07, 6.45) is 4.06. The largest absolute Gasteiger partial charge is 0.486 e. The standard InChI is InChI=1S/C23H28O6/c1-12-9-15-14(20(26)27-12)10-17-22(5)8-7-18(25)21(3,4)19(22)16(28-13(2)24)11-23(17,6)29-15/h7-9,16-17,19H,10-11H2,1-6H3/t16-,17-,19+,22-,23-/m1/s1. The first-order chi connectivity index (χ1) is 13.4. The molecule has 0 spiro atoms. The maximum absolute atomic E-state index is 12.8. The van der Waals surface area contributed by atoms with E-state index in [-0.39, 0.29) is 29.2 Å². The van der Waals surface area contributed by atoms with Crippen molar-refractivity contribution in [2.24, 2.45) is 22.7 Å². The monoisotopic (exact) mass is 400 g/mol. The number of ketones is 1. The molecule has 1 saturated carbocycles. The zero-order chi connectivity index (χ0) is 21.4. The molecule has 3 aliphatic rings. The molecule has 6 nitrogen and oxygen atoms in total. The molecular formula is C23H28O6. The van der Waals surface area contributed by atoms with Crippen molar-refractivity contribution in [2.45, 2.75) is 66.1 Å². The second kappa shape index (κ2) is 6.07. The van der Waals surface area contributed by atoms with Gasteiger partial charge in [0.25, 0.3) is 0 Å². The molecule has 0 N–H and O–H groups in total. The SMILES string of the molecule is CC(=O)O[C@@H]1C[C@@]2(C)Oc3cc(C)oc(=O)c3C[C@@H]2[C@@]2(C)C=CC(=O)C(C)(C)[C@H]12. The van der Waals surface area contributed by atoms with Crippen molar-refractivity contribution in [2.75, 3.05) is 0 Å². The van der Waals surface area contributed by atoms with E-state index in [1.807, 2.05) is 26.8 Å². The van der Waals surface area contributed by atoms with Gasteiger partial charge in [0.15, 0.2) is 5.78 Å². The topological polar surface area (TPSA) is 82.8 Å². The lowest BCUT2D eigenvalue weighted by atomic mass is 9.45. The van der Waals surface area contributed by atoms with Crippen LogP contribution in [0, 0.1) is 29.6 Å². The summed E-state index contributed by atoms with van der Waals surface area (Å²) in [4.78, 5) is 37.2. The van der Waals surface area contributed by atoms with Gasteiger partial charge in [0.05, 0.1) is 5.56 Å². The van der Waals surface area contributed by atoms with Gasteiger partial charge in [-0.15, -0.1) is 0 Å². The molecule has 0 amide bonds. The van der Waals surface area contributed by atoms with Crippen molar-refractivity contribution >= 4 is 11.8 Å². The van der Waals surface area contributed by atoms with Crippen molar-refractivity contribution in [1.82, 2.24) is 0 Å². The molecule has 4 rings (SSSR count). The van der Waals surface area contributed by atoms with Crippen LogP contribution in [-0.4, -0.2) is 23.5 Å². The second-order valence-electron chi connectivity index (χ2n) is 9.77. The van der Waals surface area contributed by atoms with Crippen LogP contribution < -0.4 is 10.4 Å². The molecule has 2 heterocycles. The highest BCUT2D eigenvalue weighted by Crippen LogP contribution is 2.62. The summed E-state index contributed by atoms with van der Waals surface area (Å²) < 4.78 is 17.5. The highest BCUT2D eigenvalue weighted by molar-refractivity contribution is 5.96. The van der Waals surface area contributed by atoms with Crippen LogP contribution in [0.2, 0.25) is 0 Å². The van der Waals surface area contributed by atoms with Gasteiger partial charge in [-0.1, -0.05) is 26.8 Å². The first kappa shape index (κ1) is 19.9. The fourth-order valence-corrected chi connectivity index (χ4v) is 6.23. The van der Waals surface area contributed by atoms with Gasteiger partial charge in [0.1, 0.15) is 23.2 Å². The van der Waals surface area contributed by atoms with Crippen LogP contribution in [0.3, 0.4) is 0 Å². The lowest BCUT2D eigenvalue weighted by Crippen LogP contribution is -2.67. The summed E-state index contributed by atoms with van der Waals surface area (Å²) in [7, 11) is 0. The van der Waals surface area contributed by atoms with Crippen LogP contribution in [0.25, 0.3) is 0 Å². The van der Waals surface area contributed by atoms with E-state index in [9.17, 15) is 14.4 Å². The zero-order valence-corrected chi connectivity index (χ0v) is 17.8. The minimum Gasteiger partial charge on any atom is -0.486 e. The van der Waals surface area contributed by atoms with Gasteiger partial charge in [-0.2, -0.15) is 0 Å². The highest BCUT2D eigenvalue weighted by Gasteiger charge is 2.65. The summed E-state index contributed by atoms with van der Waals surface area (Å²) in [5.41, 5.74) is -1.70. The Labute approximate surface area is 170 Å². The smallest absolute Gasteiger partial charge is 0.342 e. The van der Waals surface area contributed by atoms with Crippen LogP contribution in [0.1, 0.15) is 52.4 Å². The first-order valence-electron chi connectivity index (χ1n) is 10.1. The molecule has 1 aromatic rings. The summed E-state index contributed by atoms with van der Waals surface area (Å²) in [5.74, 6) is 0.385. The number of hydrogen-bond acceptors (Lipinski definition) is 6. The summed E-state index contributed by atoms with van der Waals surface area (Å²) >= 11 is 0. The number of aryl methyl sites for hydroxylation is 1. The number of ether oxygens (including phenoxy) is 2. The van der Waals surface area contributed by atoms with E-state index in [0.29, 0.717) is 29.9 Å². The quantitative estimate of drug-likeness (QED) is 0.672. The minimum absolute atomic E-state index is 0.0213. The van der Waals surface area contributed by atoms with Crippen LogP contribution in [-0.2, 0) is 20.7 Å². The van der Waals surface area contributed by atoms with E-state index in [1.165, 1.54) is 6.92 Å². The van der Waals surface area contributed by atoms with E-state index >= 15 is 0 Å². The minimum atomic E-state index is -0.705. The Balaban J connectivity index is 1.90. The van der Waals surface area contributed by atoms with Crippen LogP contribution in [0.5, 0.6) is 5.75 Å². The normalized spacial score (nSPS) is 37.0. The second-order valence-corrected chi connectivity index (χ2v) is 9.77. The van der Waals surface area contributed by atoms with Gasteiger partial charge in [-0.3, -0.25) is 9.59 Å². The summed E-state index contributed by atoms with van der Waals surface area (Å²) in [6, 6.07) is 1.75. The predicted molar refractivity (Wildman–Crippen MR) is 106 cm³/mol. The van der Waals surface area contributed by atoms with Crippen molar-refractivity contribution in [1.29, 1.82) is 0 Å². The Morgan fingerprint density at radius 1 is 1.21 bits per heavy atom. The van der Waals surface area contributed by atoms with Crippen molar-refractivity contribution in [3.63, 3.8) is 0 Å². The fraction of sp³-hybridized carbons (Fsp3) is 0.609. The molecule has 1 fully saturated rings.